The van der Waals surface area contributed by atoms with E-state index in [-0.39, 0.29) is 5.60 Å². The number of ether oxygens (including phenoxy) is 1. The van der Waals surface area contributed by atoms with Crippen LogP contribution in [0.3, 0.4) is 0 Å². The van der Waals surface area contributed by atoms with Gasteiger partial charge in [0.2, 0.25) is 0 Å². The average Bonchev–Trinajstić information content (AvgIpc) is 3.02. The first-order valence-electron chi connectivity index (χ1n) is 7.26. The molecule has 0 amide bonds. The number of nitrogens with one attached hydrogen (secondary N) is 1. The SMILES string of the molecule is c1csc(CCNC2CCOC3(CCCC3)C2)c1. The molecule has 1 aliphatic carbocycles. The Hall–Kier alpha value is -0.380. The highest BCUT2D eigenvalue weighted by Gasteiger charge is 2.39. The first-order valence-corrected chi connectivity index (χ1v) is 8.14. The van der Waals surface area contributed by atoms with Crippen LogP contribution in [0.25, 0.3) is 0 Å². The second-order valence-corrected chi connectivity index (χ2v) is 6.74. The highest BCUT2D eigenvalue weighted by atomic mass is 32.1. The van der Waals surface area contributed by atoms with Gasteiger partial charge < -0.3 is 10.1 Å². The second kappa shape index (κ2) is 5.72. The third kappa shape index (κ3) is 2.95. The van der Waals surface area contributed by atoms with Gasteiger partial charge in [-0.05, 0) is 43.6 Å². The Kier molecular flexibility index (Phi) is 4.02. The van der Waals surface area contributed by atoms with Crippen molar-refractivity contribution in [2.75, 3.05) is 13.2 Å². The summed E-state index contributed by atoms with van der Waals surface area (Å²) in [5, 5.41) is 5.90. The van der Waals surface area contributed by atoms with Crippen molar-refractivity contribution in [2.45, 2.75) is 56.6 Å². The van der Waals surface area contributed by atoms with Crippen molar-refractivity contribution in [2.24, 2.45) is 0 Å². The summed E-state index contributed by atoms with van der Waals surface area (Å²) < 4.78 is 6.07. The zero-order chi connectivity index (χ0) is 12.3. The summed E-state index contributed by atoms with van der Waals surface area (Å²) in [6.07, 6.45) is 8.89. The van der Waals surface area contributed by atoms with Crippen molar-refractivity contribution in [3.8, 4) is 0 Å². The second-order valence-electron chi connectivity index (χ2n) is 5.71. The fraction of sp³-hybridized carbons (Fsp3) is 0.733. The predicted octanol–water partition coefficient (Wildman–Crippen LogP) is 3.37. The van der Waals surface area contributed by atoms with Gasteiger partial charge in [0.1, 0.15) is 0 Å². The Balaban J connectivity index is 1.45. The minimum Gasteiger partial charge on any atom is -0.375 e. The first kappa shape index (κ1) is 12.6. The summed E-state index contributed by atoms with van der Waals surface area (Å²) in [6.45, 7) is 2.07. The Morgan fingerprint density at radius 1 is 1.39 bits per heavy atom. The molecular formula is C15H23NOS. The number of hydrogen-bond acceptors (Lipinski definition) is 3. The van der Waals surface area contributed by atoms with Gasteiger partial charge in [-0.2, -0.15) is 0 Å². The lowest BCUT2D eigenvalue weighted by molar-refractivity contribution is -0.0834. The largest absolute Gasteiger partial charge is 0.375 e. The average molecular weight is 265 g/mol. The molecule has 0 aromatic carbocycles. The van der Waals surface area contributed by atoms with Gasteiger partial charge in [-0.25, -0.2) is 0 Å². The number of rotatable bonds is 4. The zero-order valence-electron chi connectivity index (χ0n) is 11.0. The standard InChI is InChI=1S/C15H23NOS/c1-2-8-15(7-1)12-13(6-10-17-15)16-9-5-14-4-3-11-18-14/h3-4,11,13,16H,1-2,5-10,12H2. The topological polar surface area (TPSA) is 21.3 Å². The molecule has 1 saturated carbocycles. The van der Waals surface area contributed by atoms with E-state index in [4.69, 9.17) is 4.74 Å². The molecule has 3 rings (SSSR count). The van der Waals surface area contributed by atoms with Crippen LogP contribution in [0.4, 0.5) is 0 Å². The van der Waals surface area contributed by atoms with E-state index in [2.05, 4.69) is 22.8 Å². The van der Waals surface area contributed by atoms with Gasteiger partial charge in [0.25, 0.3) is 0 Å². The van der Waals surface area contributed by atoms with Crippen molar-refractivity contribution in [1.82, 2.24) is 5.32 Å². The Morgan fingerprint density at radius 3 is 3.06 bits per heavy atom. The zero-order valence-corrected chi connectivity index (χ0v) is 11.8. The maximum atomic E-state index is 6.07. The lowest BCUT2D eigenvalue weighted by atomic mass is 9.89. The molecular weight excluding hydrogens is 242 g/mol. The van der Waals surface area contributed by atoms with Gasteiger partial charge in [0, 0.05) is 24.1 Å². The first-order chi connectivity index (χ1) is 8.86. The van der Waals surface area contributed by atoms with Crippen LogP contribution in [-0.4, -0.2) is 24.8 Å². The highest BCUT2D eigenvalue weighted by molar-refractivity contribution is 7.09. The van der Waals surface area contributed by atoms with Crippen LogP contribution >= 0.6 is 11.3 Å². The van der Waals surface area contributed by atoms with Crippen molar-refractivity contribution >= 4 is 11.3 Å². The highest BCUT2D eigenvalue weighted by Crippen LogP contribution is 2.39. The summed E-state index contributed by atoms with van der Waals surface area (Å²) in [7, 11) is 0. The molecule has 1 aromatic rings. The summed E-state index contributed by atoms with van der Waals surface area (Å²) in [6, 6.07) is 5.05. The molecule has 1 unspecified atom stereocenters. The molecule has 0 radical (unpaired) electrons. The van der Waals surface area contributed by atoms with Gasteiger partial charge in [0.15, 0.2) is 0 Å². The van der Waals surface area contributed by atoms with Crippen molar-refractivity contribution < 1.29 is 4.74 Å². The molecule has 100 valence electrons. The van der Waals surface area contributed by atoms with Gasteiger partial charge in [-0.3, -0.25) is 0 Å². The minimum atomic E-state index is 0.249. The van der Waals surface area contributed by atoms with E-state index in [1.54, 1.807) is 0 Å². The third-order valence-corrected chi connectivity index (χ3v) is 5.33. The fourth-order valence-corrected chi connectivity index (χ4v) is 4.13. The van der Waals surface area contributed by atoms with Crippen molar-refractivity contribution in [3.05, 3.63) is 22.4 Å². The van der Waals surface area contributed by atoms with Crippen LogP contribution in [0, 0.1) is 0 Å². The van der Waals surface area contributed by atoms with Crippen molar-refractivity contribution in [1.29, 1.82) is 0 Å². The monoisotopic (exact) mass is 265 g/mol. The predicted molar refractivity (Wildman–Crippen MR) is 76.2 cm³/mol. The Morgan fingerprint density at radius 2 is 2.28 bits per heavy atom. The lowest BCUT2D eigenvalue weighted by Crippen LogP contribution is -2.46. The molecule has 2 aliphatic rings. The van der Waals surface area contributed by atoms with E-state index in [1.165, 1.54) is 49.8 Å². The van der Waals surface area contributed by atoms with E-state index >= 15 is 0 Å². The van der Waals surface area contributed by atoms with E-state index in [0.717, 1.165) is 13.2 Å². The molecule has 2 fully saturated rings. The quantitative estimate of drug-likeness (QED) is 0.901. The molecule has 0 bridgehead atoms. The molecule has 1 aliphatic heterocycles. The molecule has 2 heterocycles. The van der Waals surface area contributed by atoms with E-state index in [0.29, 0.717) is 6.04 Å². The molecule has 1 N–H and O–H groups in total. The van der Waals surface area contributed by atoms with Crippen LogP contribution in [0.1, 0.15) is 43.4 Å². The molecule has 2 nitrogen and oxygen atoms in total. The Bertz CT molecular complexity index is 357. The van der Waals surface area contributed by atoms with Crippen LogP contribution in [0.5, 0.6) is 0 Å². The van der Waals surface area contributed by atoms with Gasteiger partial charge in [-0.15, -0.1) is 11.3 Å². The van der Waals surface area contributed by atoms with Gasteiger partial charge in [-0.1, -0.05) is 18.9 Å². The summed E-state index contributed by atoms with van der Waals surface area (Å²) in [5.41, 5.74) is 0.249. The lowest BCUT2D eigenvalue weighted by Gasteiger charge is -2.38. The molecule has 1 spiro atoms. The number of thiophene rings is 1. The molecule has 1 atom stereocenters. The van der Waals surface area contributed by atoms with E-state index in [1.807, 2.05) is 11.3 Å². The van der Waals surface area contributed by atoms with E-state index in [9.17, 15) is 0 Å². The summed E-state index contributed by atoms with van der Waals surface area (Å²) in [5.74, 6) is 0. The van der Waals surface area contributed by atoms with E-state index < -0.39 is 0 Å². The van der Waals surface area contributed by atoms with Crippen LogP contribution < -0.4 is 5.32 Å². The van der Waals surface area contributed by atoms with Gasteiger partial charge in [0.05, 0.1) is 5.60 Å². The van der Waals surface area contributed by atoms with Crippen LogP contribution in [0.2, 0.25) is 0 Å². The fourth-order valence-electron chi connectivity index (χ4n) is 3.42. The number of hydrogen-bond donors (Lipinski definition) is 1. The van der Waals surface area contributed by atoms with Crippen molar-refractivity contribution in [3.63, 3.8) is 0 Å². The van der Waals surface area contributed by atoms with Crippen LogP contribution in [0.15, 0.2) is 17.5 Å². The van der Waals surface area contributed by atoms with Gasteiger partial charge >= 0.3 is 0 Å². The Labute approximate surface area is 114 Å². The maximum Gasteiger partial charge on any atom is 0.0697 e. The van der Waals surface area contributed by atoms with Crippen LogP contribution in [-0.2, 0) is 11.2 Å². The summed E-state index contributed by atoms with van der Waals surface area (Å²) in [4.78, 5) is 1.49. The normalized spacial score (nSPS) is 26.8. The smallest absolute Gasteiger partial charge is 0.0697 e. The maximum absolute atomic E-state index is 6.07. The molecule has 18 heavy (non-hydrogen) atoms. The third-order valence-electron chi connectivity index (χ3n) is 4.39. The molecule has 3 heteroatoms. The molecule has 1 saturated heterocycles. The summed E-state index contributed by atoms with van der Waals surface area (Å²) >= 11 is 1.86. The minimum absolute atomic E-state index is 0.249. The molecule has 1 aromatic heterocycles.